The predicted octanol–water partition coefficient (Wildman–Crippen LogP) is 2.86. The number of sulfonamides is 1. The molecule has 34 heavy (non-hydrogen) atoms. The second-order valence-corrected chi connectivity index (χ2v) is 11.2. The summed E-state index contributed by atoms with van der Waals surface area (Å²) in [6.45, 7) is 3.38. The number of fused-ring (bicyclic) bond motifs is 1. The predicted molar refractivity (Wildman–Crippen MR) is 130 cm³/mol. The Bertz CT molecular complexity index is 1110. The van der Waals surface area contributed by atoms with Gasteiger partial charge < -0.3 is 10.2 Å². The first kappa shape index (κ1) is 24.4. The van der Waals surface area contributed by atoms with Crippen molar-refractivity contribution in [3.8, 4) is 0 Å². The average molecular weight is 484 g/mol. The molecule has 1 heterocycles. The van der Waals surface area contributed by atoms with Crippen LogP contribution in [0.2, 0.25) is 0 Å². The van der Waals surface area contributed by atoms with Gasteiger partial charge in [0.25, 0.3) is 0 Å². The van der Waals surface area contributed by atoms with E-state index in [4.69, 9.17) is 0 Å². The molecule has 7 nitrogen and oxygen atoms in total. The van der Waals surface area contributed by atoms with Gasteiger partial charge in [-0.1, -0.05) is 42.5 Å². The van der Waals surface area contributed by atoms with Gasteiger partial charge in [0.15, 0.2) is 0 Å². The van der Waals surface area contributed by atoms with Crippen molar-refractivity contribution in [3.63, 3.8) is 0 Å². The number of hydrogen-bond donors (Lipinski definition) is 2. The highest BCUT2D eigenvalue weighted by Crippen LogP contribution is 2.29. The summed E-state index contributed by atoms with van der Waals surface area (Å²) in [4.78, 5) is 27.8. The second-order valence-electron chi connectivity index (χ2n) is 9.39. The van der Waals surface area contributed by atoms with Crippen molar-refractivity contribution in [1.29, 1.82) is 0 Å². The molecule has 2 N–H and O–H groups in total. The van der Waals surface area contributed by atoms with Crippen LogP contribution in [0.25, 0.3) is 0 Å². The Hall–Kier alpha value is -2.71. The van der Waals surface area contributed by atoms with E-state index in [2.05, 4.69) is 22.2 Å². The normalized spacial score (nSPS) is 21.4. The molecule has 8 heteroatoms. The summed E-state index contributed by atoms with van der Waals surface area (Å²) in [5.41, 5.74) is 2.45. The fourth-order valence-electron chi connectivity index (χ4n) is 4.89. The smallest absolute Gasteiger partial charge is 0.245 e. The molecule has 0 bridgehead atoms. The number of carbonyl (C=O) groups is 2. The lowest BCUT2D eigenvalue weighted by atomic mass is 9.81. The molecule has 4 rings (SSSR count). The lowest BCUT2D eigenvalue weighted by Gasteiger charge is -2.32. The Labute approximate surface area is 202 Å². The molecule has 2 aromatic rings. The van der Waals surface area contributed by atoms with Crippen molar-refractivity contribution in [3.05, 3.63) is 65.7 Å². The molecule has 2 aliphatic rings. The fraction of sp³-hybridized carbons (Fsp3) is 0.462. The molecule has 182 valence electrons. The summed E-state index contributed by atoms with van der Waals surface area (Å²) in [5.74, 6) is -0.0669. The van der Waals surface area contributed by atoms with Crippen LogP contribution >= 0.6 is 0 Å². The monoisotopic (exact) mass is 483 g/mol. The van der Waals surface area contributed by atoms with E-state index in [1.165, 1.54) is 11.1 Å². The van der Waals surface area contributed by atoms with Crippen LogP contribution in [0.5, 0.6) is 0 Å². The number of rotatable bonds is 7. The molecular weight excluding hydrogens is 450 g/mol. The molecule has 0 aromatic heterocycles. The topological polar surface area (TPSA) is 95.6 Å². The lowest BCUT2D eigenvalue weighted by Crippen LogP contribution is -2.50. The first-order valence-corrected chi connectivity index (χ1v) is 13.5. The van der Waals surface area contributed by atoms with E-state index in [1.807, 2.05) is 17.0 Å². The number of carbonyl (C=O) groups excluding carboxylic acids is 2. The minimum atomic E-state index is -3.52. The highest BCUT2D eigenvalue weighted by Gasteiger charge is 2.30. The zero-order valence-electron chi connectivity index (χ0n) is 19.6. The van der Waals surface area contributed by atoms with Crippen molar-refractivity contribution in [1.82, 2.24) is 14.9 Å². The van der Waals surface area contributed by atoms with E-state index in [0.717, 1.165) is 19.3 Å². The largest absolute Gasteiger partial charge is 0.344 e. The van der Waals surface area contributed by atoms with Gasteiger partial charge in [-0.25, -0.2) is 13.1 Å². The number of nitrogens with zero attached hydrogens (tertiary/aromatic N) is 1. The first-order valence-electron chi connectivity index (χ1n) is 12.0. The Balaban J connectivity index is 1.22. The maximum absolute atomic E-state index is 12.9. The third kappa shape index (κ3) is 5.85. The summed E-state index contributed by atoms with van der Waals surface area (Å²) in [6, 6.07) is 15.9. The molecule has 0 radical (unpaired) electrons. The van der Waals surface area contributed by atoms with Crippen molar-refractivity contribution in [2.45, 2.75) is 56.5 Å². The second kappa shape index (κ2) is 10.7. The maximum Gasteiger partial charge on any atom is 0.245 e. The third-order valence-electron chi connectivity index (χ3n) is 7.00. The van der Waals surface area contributed by atoms with Gasteiger partial charge in [0.1, 0.15) is 6.04 Å². The molecule has 2 amide bonds. The summed E-state index contributed by atoms with van der Waals surface area (Å²) in [5, 5.41) is 2.92. The average Bonchev–Trinajstić information content (AvgIpc) is 2.87. The SMILES string of the molecule is C[C@@H](NC(=O)C1CCC(CNS(=O)(=O)c2ccccc2)CC1)C(=O)N1CCc2ccccc2C1. The van der Waals surface area contributed by atoms with Gasteiger partial charge in [0.2, 0.25) is 21.8 Å². The van der Waals surface area contributed by atoms with E-state index < -0.39 is 16.1 Å². The van der Waals surface area contributed by atoms with Crippen LogP contribution in [0.3, 0.4) is 0 Å². The summed E-state index contributed by atoms with van der Waals surface area (Å²) in [7, 11) is -3.52. The quantitative estimate of drug-likeness (QED) is 0.633. The molecule has 0 saturated heterocycles. The first-order chi connectivity index (χ1) is 16.3. The summed E-state index contributed by atoms with van der Waals surface area (Å²) < 4.78 is 27.5. The maximum atomic E-state index is 12.9. The Morgan fingerprint density at radius 1 is 0.971 bits per heavy atom. The molecule has 0 unspecified atom stereocenters. The number of nitrogens with one attached hydrogen (secondary N) is 2. The van der Waals surface area contributed by atoms with Gasteiger partial charge in [-0.3, -0.25) is 9.59 Å². The van der Waals surface area contributed by atoms with Crippen LogP contribution in [-0.4, -0.2) is 44.3 Å². The van der Waals surface area contributed by atoms with Gasteiger partial charge in [-0.05, 0) is 68.2 Å². The van der Waals surface area contributed by atoms with Crippen molar-refractivity contribution in [2.24, 2.45) is 11.8 Å². The molecule has 1 aliphatic carbocycles. The molecule has 1 saturated carbocycles. The zero-order chi connectivity index (χ0) is 24.1. The Morgan fingerprint density at radius 3 is 2.32 bits per heavy atom. The number of amides is 2. The van der Waals surface area contributed by atoms with E-state index in [-0.39, 0.29) is 28.5 Å². The molecule has 1 fully saturated rings. The number of hydrogen-bond acceptors (Lipinski definition) is 4. The van der Waals surface area contributed by atoms with Gasteiger partial charge in [-0.2, -0.15) is 0 Å². The van der Waals surface area contributed by atoms with Crippen LogP contribution in [0, 0.1) is 11.8 Å². The standard InChI is InChI=1S/C26H33N3O4S/c1-19(26(31)29-16-15-21-7-5-6-8-23(21)18-29)28-25(30)22-13-11-20(12-14-22)17-27-34(32,33)24-9-3-2-4-10-24/h2-10,19-20,22,27H,11-18H2,1H3,(H,28,30)/t19-,20?,22?/m1/s1. The van der Waals surface area contributed by atoms with Gasteiger partial charge >= 0.3 is 0 Å². The third-order valence-corrected chi connectivity index (χ3v) is 8.44. The highest BCUT2D eigenvalue weighted by atomic mass is 32.2. The van der Waals surface area contributed by atoms with E-state index >= 15 is 0 Å². The highest BCUT2D eigenvalue weighted by molar-refractivity contribution is 7.89. The van der Waals surface area contributed by atoms with Crippen LogP contribution < -0.4 is 10.0 Å². The van der Waals surface area contributed by atoms with Gasteiger partial charge in [-0.15, -0.1) is 0 Å². The van der Waals surface area contributed by atoms with Crippen molar-refractivity contribution >= 4 is 21.8 Å². The molecule has 1 aliphatic heterocycles. The van der Waals surface area contributed by atoms with Crippen LogP contribution in [0.4, 0.5) is 0 Å². The minimum Gasteiger partial charge on any atom is -0.344 e. The summed E-state index contributed by atoms with van der Waals surface area (Å²) >= 11 is 0. The Morgan fingerprint density at radius 2 is 1.62 bits per heavy atom. The molecule has 2 aromatic carbocycles. The van der Waals surface area contributed by atoms with Gasteiger partial charge in [0.05, 0.1) is 4.90 Å². The lowest BCUT2D eigenvalue weighted by molar-refractivity contribution is -0.138. The fourth-order valence-corrected chi connectivity index (χ4v) is 6.03. The van der Waals surface area contributed by atoms with Gasteiger partial charge in [0, 0.05) is 25.6 Å². The summed E-state index contributed by atoms with van der Waals surface area (Å²) in [6.07, 6.45) is 3.78. The van der Waals surface area contributed by atoms with Crippen LogP contribution in [-0.2, 0) is 32.6 Å². The van der Waals surface area contributed by atoms with Crippen LogP contribution in [0.15, 0.2) is 59.5 Å². The Kier molecular flexibility index (Phi) is 7.68. The van der Waals surface area contributed by atoms with E-state index in [0.29, 0.717) is 32.5 Å². The van der Waals surface area contributed by atoms with E-state index in [1.54, 1.807) is 37.3 Å². The number of benzene rings is 2. The zero-order valence-corrected chi connectivity index (χ0v) is 20.4. The minimum absolute atomic E-state index is 0.0492. The van der Waals surface area contributed by atoms with Crippen molar-refractivity contribution in [2.75, 3.05) is 13.1 Å². The molecule has 1 atom stereocenters. The van der Waals surface area contributed by atoms with Crippen molar-refractivity contribution < 1.29 is 18.0 Å². The molecular formula is C26H33N3O4S. The molecule has 0 spiro atoms. The van der Waals surface area contributed by atoms with Crippen LogP contribution in [0.1, 0.15) is 43.7 Å². The van der Waals surface area contributed by atoms with E-state index in [9.17, 15) is 18.0 Å².